The SMILES string of the molecule is CCCCCOc1ccc(C(C)NC(=O)c2ccc(CS(=O)(=O)c3ccccc3)o2)cc1OC. The van der Waals surface area contributed by atoms with Gasteiger partial charge in [0.2, 0.25) is 0 Å². The van der Waals surface area contributed by atoms with E-state index in [9.17, 15) is 13.2 Å². The third-order valence-electron chi connectivity index (χ3n) is 5.36. The molecule has 0 aliphatic rings. The van der Waals surface area contributed by atoms with Crippen LogP contribution in [0.3, 0.4) is 0 Å². The first-order valence-corrected chi connectivity index (χ1v) is 13.0. The number of hydrogen-bond donors (Lipinski definition) is 1. The van der Waals surface area contributed by atoms with Crippen molar-refractivity contribution in [3.8, 4) is 11.5 Å². The highest BCUT2D eigenvalue weighted by Crippen LogP contribution is 2.30. The van der Waals surface area contributed by atoms with E-state index in [-0.39, 0.29) is 28.2 Å². The number of carbonyl (C=O) groups is 1. The van der Waals surface area contributed by atoms with Crippen molar-refractivity contribution in [1.82, 2.24) is 5.32 Å². The van der Waals surface area contributed by atoms with Crippen molar-refractivity contribution in [2.45, 2.75) is 49.8 Å². The van der Waals surface area contributed by atoms with Gasteiger partial charge in [-0.15, -0.1) is 0 Å². The summed E-state index contributed by atoms with van der Waals surface area (Å²) in [4.78, 5) is 12.9. The second kappa shape index (κ2) is 11.7. The molecule has 0 aliphatic heterocycles. The van der Waals surface area contributed by atoms with Crippen LogP contribution in [0.1, 0.15) is 61.0 Å². The molecule has 1 amide bonds. The number of sulfone groups is 1. The summed E-state index contributed by atoms with van der Waals surface area (Å²) in [5.41, 5.74) is 0.838. The Kier molecular flexibility index (Phi) is 8.76. The van der Waals surface area contributed by atoms with E-state index in [0.717, 1.165) is 24.8 Å². The molecule has 1 atom stereocenters. The number of ether oxygens (including phenoxy) is 2. The maximum Gasteiger partial charge on any atom is 0.287 e. The van der Waals surface area contributed by atoms with Gasteiger partial charge in [-0.2, -0.15) is 0 Å². The van der Waals surface area contributed by atoms with Crippen LogP contribution in [-0.2, 0) is 15.6 Å². The average Bonchev–Trinajstić information content (AvgIpc) is 3.30. The van der Waals surface area contributed by atoms with Crippen molar-refractivity contribution in [3.63, 3.8) is 0 Å². The Morgan fingerprint density at radius 2 is 1.79 bits per heavy atom. The van der Waals surface area contributed by atoms with Crippen molar-refractivity contribution in [1.29, 1.82) is 0 Å². The third-order valence-corrected chi connectivity index (χ3v) is 7.02. The Morgan fingerprint density at radius 3 is 2.50 bits per heavy atom. The highest BCUT2D eigenvalue weighted by molar-refractivity contribution is 7.90. The van der Waals surface area contributed by atoms with E-state index in [1.54, 1.807) is 25.3 Å². The van der Waals surface area contributed by atoms with Gasteiger partial charge in [0.25, 0.3) is 5.91 Å². The molecule has 0 spiro atoms. The molecule has 34 heavy (non-hydrogen) atoms. The smallest absolute Gasteiger partial charge is 0.287 e. The van der Waals surface area contributed by atoms with Crippen molar-refractivity contribution in [3.05, 3.63) is 77.7 Å². The van der Waals surface area contributed by atoms with Crippen LogP contribution in [0, 0.1) is 0 Å². The van der Waals surface area contributed by atoms with Crippen LogP contribution in [0.15, 0.2) is 70.0 Å². The molecular weight excluding hydrogens is 454 g/mol. The molecule has 182 valence electrons. The molecular formula is C26H31NO6S. The number of methoxy groups -OCH3 is 1. The fraction of sp³-hybridized carbons (Fsp3) is 0.346. The van der Waals surface area contributed by atoms with Crippen LogP contribution in [-0.4, -0.2) is 28.0 Å². The molecule has 0 bridgehead atoms. The number of amides is 1. The Hall–Kier alpha value is -3.26. The minimum absolute atomic E-state index is 0.0490. The Bertz CT molecular complexity index is 1190. The summed E-state index contributed by atoms with van der Waals surface area (Å²) in [6.07, 6.45) is 3.21. The van der Waals surface area contributed by atoms with E-state index in [0.29, 0.717) is 18.1 Å². The fourth-order valence-corrected chi connectivity index (χ4v) is 4.70. The van der Waals surface area contributed by atoms with Gasteiger partial charge in [-0.05, 0) is 55.3 Å². The Balaban J connectivity index is 1.63. The molecule has 1 unspecified atom stereocenters. The predicted molar refractivity (Wildman–Crippen MR) is 130 cm³/mol. The van der Waals surface area contributed by atoms with E-state index < -0.39 is 15.7 Å². The number of rotatable bonds is 12. The Morgan fingerprint density at radius 1 is 1.03 bits per heavy atom. The molecule has 0 saturated heterocycles. The minimum atomic E-state index is -3.56. The molecule has 7 nitrogen and oxygen atoms in total. The van der Waals surface area contributed by atoms with Gasteiger partial charge in [-0.1, -0.05) is 44.0 Å². The molecule has 1 heterocycles. The quantitative estimate of drug-likeness (QED) is 0.349. The fourth-order valence-electron chi connectivity index (χ4n) is 3.43. The summed E-state index contributed by atoms with van der Waals surface area (Å²) in [6, 6.07) is 16.3. The lowest BCUT2D eigenvalue weighted by molar-refractivity contribution is 0.0910. The lowest BCUT2D eigenvalue weighted by Gasteiger charge is -2.17. The van der Waals surface area contributed by atoms with Crippen LogP contribution in [0.4, 0.5) is 0 Å². The number of hydrogen-bond acceptors (Lipinski definition) is 6. The predicted octanol–water partition coefficient (Wildman–Crippen LogP) is 5.32. The molecule has 1 aromatic heterocycles. The summed E-state index contributed by atoms with van der Waals surface area (Å²) in [7, 11) is -1.99. The zero-order valence-corrected chi connectivity index (χ0v) is 20.6. The van der Waals surface area contributed by atoms with Gasteiger partial charge in [-0.3, -0.25) is 4.79 Å². The Labute approximate surface area is 201 Å². The summed E-state index contributed by atoms with van der Waals surface area (Å²) in [5, 5.41) is 2.87. The molecule has 0 saturated carbocycles. The molecule has 2 aromatic carbocycles. The molecule has 8 heteroatoms. The van der Waals surface area contributed by atoms with E-state index in [2.05, 4.69) is 12.2 Å². The number of benzene rings is 2. The zero-order chi connectivity index (χ0) is 24.6. The number of nitrogens with one attached hydrogen (secondary N) is 1. The average molecular weight is 486 g/mol. The summed E-state index contributed by atoms with van der Waals surface area (Å²) in [6.45, 7) is 4.61. The number of unbranched alkanes of at least 4 members (excludes halogenated alkanes) is 2. The summed E-state index contributed by atoms with van der Waals surface area (Å²) in [5.74, 6) is 0.754. The molecule has 0 aliphatic carbocycles. The lowest BCUT2D eigenvalue weighted by atomic mass is 10.1. The first-order valence-electron chi connectivity index (χ1n) is 11.3. The van der Waals surface area contributed by atoms with E-state index >= 15 is 0 Å². The highest BCUT2D eigenvalue weighted by Gasteiger charge is 2.20. The van der Waals surface area contributed by atoms with Crippen LogP contribution in [0.25, 0.3) is 0 Å². The third kappa shape index (κ3) is 6.63. The van der Waals surface area contributed by atoms with Gasteiger partial charge < -0.3 is 19.2 Å². The number of carbonyl (C=O) groups excluding carboxylic acids is 1. The van der Waals surface area contributed by atoms with Crippen molar-refractivity contribution < 1.29 is 27.1 Å². The van der Waals surface area contributed by atoms with Gasteiger partial charge in [0.15, 0.2) is 27.1 Å². The van der Waals surface area contributed by atoms with E-state index in [1.165, 1.54) is 24.3 Å². The topological polar surface area (TPSA) is 94.8 Å². The second-order valence-corrected chi connectivity index (χ2v) is 9.99. The molecule has 3 aromatic rings. The normalized spacial score (nSPS) is 12.2. The van der Waals surface area contributed by atoms with Gasteiger partial charge in [0, 0.05) is 0 Å². The van der Waals surface area contributed by atoms with Gasteiger partial charge in [0.1, 0.15) is 11.5 Å². The van der Waals surface area contributed by atoms with Crippen molar-refractivity contribution >= 4 is 15.7 Å². The maximum atomic E-state index is 12.7. The summed E-state index contributed by atoms with van der Waals surface area (Å²) >= 11 is 0. The van der Waals surface area contributed by atoms with Crippen LogP contribution in [0.2, 0.25) is 0 Å². The summed E-state index contributed by atoms with van der Waals surface area (Å²) < 4.78 is 41.9. The van der Waals surface area contributed by atoms with Gasteiger partial charge in [0.05, 0.1) is 24.7 Å². The van der Waals surface area contributed by atoms with Crippen LogP contribution >= 0.6 is 0 Å². The van der Waals surface area contributed by atoms with Crippen LogP contribution < -0.4 is 14.8 Å². The second-order valence-electron chi connectivity index (χ2n) is 8.00. The standard InChI is InChI=1S/C26H31NO6S/c1-4-5-9-16-32-23-14-12-20(17-25(23)31-3)19(2)27-26(28)24-15-13-21(33-24)18-34(29,30)22-10-7-6-8-11-22/h6-8,10-15,17,19H,4-5,9,16,18H2,1-3H3,(H,27,28). The molecule has 0 fully saturated rings. The van der Waals surface area contributed by atoms with Gasteiger partial charge >= 0.3 is 0 Å². The zero-order valence-electron chi connectivity index (χ0n) is 19.7. The molecule has 0 radical (unpaired) electrons. The molecule has 1 N–H and O–H groups in total. The minimum Gasteiger partial charge on any atom is -0.493 e. The van der Waals surface area contributed by atoms with E-state index in [4.69, 9.17) is 13.9 Å². The molecule has 3 rings (SSSR count). The maximum absolute atomic E-state index is 12.7. The monoisotopic (exact) mass is 485 g/mol. The first kappa shape index (κ1) is 25.4. The van der Waals surface area contributed by atoms with Gasteiger partial charge in [-0.25, -0.2) is 8.42 Å². The van der Waals surface area contributed by atoms with Crippen LogP contribution in [0.5, 0.6) is 11.5 Å². The van der Waals surface area contributed by atoms with Crippen molar-refractivity contribution in [2.24, 2.45) is 0 Å². The largest absolute Gasteiger partial charge is 0.493 e. The highest BCUT2D eigenvalue weighted by atomic mass is 32.2. The lowest BCUT2D eigenvalue weighted by Crippen LogP contribution is -2.26. The number of furan rings is 1. The van der Waals surface area contributed by atoms with E-state index in [1.807, 2.05) is 25.1 Å². The van der Waals surface area contributed by atoms with Crippen molar-refractivity contribution in [2.75, 3.05) is 13.7 Å². The first-order chi connectivity index (χ1) is 16.3.